The standard InChI is InChI=1S/C16H24N4/c1-13(2)20(3)11-7-6-10-17-16-12-18-19-15-9-5-4-8-14(15)16/h4-5,8-9,12-13H,6-7,10-11H2,1-3H3,(H,17,19). The molecule has 0 spiro atoms. The first-order valence-electron chi connectivity index (χ1n) is 7.33. The predicted octanol–water partition coefficient (Wildman–Crippen LogP) is 3.16. The normalized spacial score (nSPS) is 11.4. The molecule has 1 heterocycles. The molecular weight excluding hydrogens is 248 g/mol. The highest BCUT2D eigenvalue weighted by Gasteiger charge is 2.03. The van der Waals surface area contributed by atoms with Gasteiger partial charge < -0.3 is 10.2 Å². The molecule has 1 aromatic carbocycles. The van der Waals surface area contributed by atoms with E-state index in [-0.39, 0.29) is 0 Å². The molecule has 0 amide bonds. The second-order valence-corrected chi connectivity index (χ2v) is 5.48. The Morgan fingerprint density at radius 2 is 2.00 bits per heavy atom. The van der Waals surface area contributed by atoms with Crippen molar-refractivity contribution in [1.29, 1.82) is 0 Å². The van der Waals surface area contributed by atoms with Gasteiger partial charge in [0.25, 0.3) is 0 Å². The van der Waals surface area contributed by atoms with Crippen LogP contribution in [0.25, 0.3) is 10.9 Å². The highest BCUT2D eigenvalue weighted by Crippen LogP contribution is 2.19. The summed E-state index contributed by atoms with van der Waals surface area (Å²) >= 11 is 0. The number of fused-ring (bicyclic) bond motifs is 1. The first kappa shape index (κ1) is 14.7. The minimum atomic E-state index is 0.622. The Bertz CT molecular complexity index is 533. The van der Waals surface area contributed by atoms with Crippen LogP contribution in [-0.4, -0.2) is 41.3 Å². The van der Waals surface area contributed by atoms with Crippen LogP contribution in [-0.2, 0) is 0 Å². The van der Waals surface area contributed by atoms with E-state index in [4.69, 9.17) is 0 Å². The lowest BCUT2D eigenvalue weighted by Crippen LogP contribution is -2.27. The van der Waals surface area contributed by atoms with E-state index in [2.05, 4.69) is 47.4 Å². The first-order valence-corrected chi connectivity index (χ1v) is 7.33. The molecule has 20 heavy (non-hydrogen) atoms. The molecule has 0 fully saturated rings. The topological polar surface area (TPSA) is 41.0 Å². The fourth-order valence-electron chi connectivity index (χ4n) is 2.12. The molecule has 1 N–H and O–H groups in total. The van der Waals surface area contributed by atoms with Gasteiger partial charge in [0.15, 0.2) is 0 Å². The maximum absolute atomic E-state index is 4.13. The Hall–Kier alpha value is -1.68. The summed E-state index contributed by atoms with van der Waals surface area (Å²) in [5.41, 5.74) is 2.02. The zero-order valence-corrected chi connectivity index (χ0v) is 12.6. The number of hydrogen-bond donors (Lipinski definition) is 1. The molecular formula is C16H24N4. The zero-order chi connectivity index (χ0) is 14.4. The molecule has 0 aliphatic heterocycles. The van der Waals surface area contributed by atoms with Crippen LogP contribution in [0, 0.1) is 0 Å². The van der Waals surface area contributed by atoms with E-state index in [9.17, 15) is 0 Å². The van der Waals surface area contributed by atoms with Gasteiger partial charge in [-0.1, -0.05) is 18.2 Å². The molecule has 0 radical (unpaired) electrons. The minimum Gasteiger partial charge on any atom is -0.383 e. The lowest BCUT2D eigenvalue weighted by molar-refractivity contribution is 0.269. The van der Waals surface area contributed by atoms with E-state index in [1.165, 1.54) is 6.42 Å². The molecule has 0 atom stereocenters. The quantitative estimate of drug-likeness (QED) is 0.786. The molecule has 0 unspecified atom stereocenters. The lowest BCUT2D eigenvalue weighted by atomic mass is 10.2. The predicted molar refractivity (Wildman–Crippen MR) is 85.0 cm³/mol. The Morgan fingerprint density at radius 1 is 1.20 bits per heavy atom. The number of nitrogens with one attached hydrogen (secondary N) is 1. The van der Waals surface area contributed by atoms with Gasteiger partial charge in [0.2, 0.25) is 0 Å². The number of aromatic nitrogens is 2. The van der Waals surface area contributed by atoms with Gasteiger partial charge in [-0.05, 0) is 46.3 Å². The number of nitrogens with zero attached hydrogens (tertiary/aromatic N) is 3. The van der Waals surface area contributed by atoms with Gasteiger partial charge in [-0.2, -0.15) is 10.2 Å². The number of hydrogen-bond acceptors (Lipinski definition) is 4. The maximum Gasteiger partial charge on any atom is 0.0950 e. The van der Waals surface area contributed by atoms with Crippen LogP contribution in [0.5, 0.6) is 0 Å². The van der Waals surface area contributed by atoms with E-state index >= 15 is 0 Å². The Labute approximate surface area is 121 Å². The maximum atomic E-state index is 4.13. The molecule has 2 aromatic rings. The van der Waals surface area contributed by atoms with Gasteiger partial charge in [0.1, 0.15) is 0 Å². The highest BCUT2D eigenvalue weighted by atomic mass is 15.1. The van der Waals surface area contributed by atoms with Crippen LogP contribution in [0.3, 0.4) is 0 Å². The summed E-state index contributed by atoms with van der Waals surface area (Å²) in [5.74, 6) is 0. The molecule has 0 aliphatic rings. The average Bonchev–Trinajstić information content (AvgIpc) is 2.46. The first-order chi connectivity index (χ1) is 9.68. The van der Waals surface area contributed by atoms with Gasteiger partial charge in [-0.25, -0.2) is 0 Å². The van der Waals surface area contributed by atoms with Crippen molar-refractivity contribution in [1.82, 2.24) is 15.1 Å². The van der Waals surface area contributed by atoms with Gasteiger partial charge in [0, 0.05) is 18.0 Å². The fourth-order valence-corrected chi connectivity index (χ4v) is 2.12. The molecule has 4 nitrogen and oxygen atoms in total. The molecule has 1 aromatic heterocycles. The van der Waals surface area contributed by atoms with Crippen molar-refractivity contribution in [2.75, 3.05) is 25.5 Å². The minimum absolute atomic E-state index is 0.622. The van der Waals surface area contributed by atoms with E-state index in [1.54, 1.807) is 0 Å². The van der Waals surface area contributed by atoms with Crippen molar-refractivity contribution >= 4 is 16.6 Å². The van der Waals surface area contributed by atoms with Crippen molar-refractivity contribution in [2.45, 2.75) is 32.7 Å². The molecule has 0 saturated heterocycles. The van der Waals surface area contributed by atoms with Crippen molar-refractivity contribution in [3.8, 4) is 0 Å². The van der Waals surface area contributed by atoms with Gasteiger partial charge in [-0.3, -0.25) is 0 Å². The van der Waals surface area contributed by atoms with Crippen molar-refractivity contribution in [3.05, 3.63) is 30.5 Å². The summed E-state index contributed by atoms with van der Waals surface area (Å²) in [6, 6.07) is 8.72. The molecule has 2 rings (SSSR count). The highest BCUT2D eigenvalue weighted by molar-refractivity contribution is 5.90. The van der Waals surface area contributed by atoms with E-state index in [1.807, 2.05) is 24.4 Å². The van der Waals surface area contributed by atoms with E-state index < -0.39 is 0 Å². The molecule has 0 saturated carbocycles. The second-order valence-electron chi connectivity index (χ2n) is 5.48. The van der Waals surface area contributed by atoms with Gasteiger partial charge in [-0.15, -0.1) is 0 Å². The fraction of sp³-hybridized carbons (Fsp3) is 0.500. The Morgan fingerprint density at radius 3 is 2.80 bits per heavy atom. The summed E-state index contributed by atoms with van der Waals surface area (Å²) in [7, 11) is 2.18. The third kappa shape index (κ3) is 3.90. The molecule has 108 valence electrons. The summed E-state index contributed by atoms with van der Waals surface area (Å²) < 4.78 is 0. The van der Waals surface area contributed by atoms with Crippen molar-refractivity contribution < 1.29 is 0 Å². The Balaban J connectivity index is 1.82. The van der Waals surface area contributed by atoms with Crippen LogP contribution >= 0.6 is 0 Å². The molecule has 4 heteroatoms. The smallest absolute Gasteiger partial charge is 0.0950 e. The van der Waals surface area contributed by atoms with Crippen molar-refractivity contribution in [2.24, 2.45) is 0 Å². The van der Waals surface area contributed by atoms with Crippen LogP contribution in [0.15, 0.2) is 30.5 Å². The number of rotatable bonds is 7. The van der Waals surface area contributed by atoms with Crippen LogP contribution in [0.4, 0.5) is 5.69 Å². The van der Waals surface area contributed by atoms with Crippen molar-refractivity contribution in [3.63, 3.8) is 0 Å². The third-order valence-electron chi connectivity index (χ3n) is 3.68. The number of benzene rings is 1. The molecule has 0 aliphatic carbocycles. The monoisotopic (exact) mass is 272 g/mol. The average molecular weight is 272 g/mol. The Kier molecular flexibility index (Phi) is 5.30. The zero-order valence-electron chi connectivity index (χ0n) is 12.6. The van der Waals surface area contributed by atoms with E-state index in [0.717, 1.165) is 36.1 Å². The number of anilines is 1. The van der Waals surface area contributed by atoms with Crippen LogP contribution < -0.4 is 5.32 Å². The van der Waals surface area contributed by atoms with Crippen LogP contribution in [0.2, 0.25) is 0 Å². The summed E-state index contributed by atoms with van der Waals surface area (Å²) in [4.78, 5) is 2.38. The SMILES string of the molecule is CC(C)N(C)CCCCNc1cnnc2ccccc12. The van der Waals surface area contributed by atoms with Gasteiger partial charge >= 0.3 is 0 Å². The summed E-state index contributed by atoms with van der Waals surface area (Å²) in [6.45, 7) is 6.58. The number of unbranched alkanes of at least 4 members (excludes halogenated alkanes) is 1. The van der Waals surface area contributed by atoms with E-state index in [0.29, 0.717) is 6.04 Å². The summed E-state index contributed by atoms with van der Waals surface area (Å²) in [6.07, 6.45) is 4.18. The largest absolute Gasteiger partial charge is 0.383 e. The second kappa shape index (κ2) is 7.20. The summed E-state index contributed by atoms with van der Waals surface area (Å²) in [5, 5.41) is 12.8. The lowest BCUT2D eigenvalue weighted by Gasteiger charge is -2.20. The van der Waals surface area contributed by atoms with Gasteiger partial charge in [0.05, 0.1) is 17.4 Å². The third-order valence-corrected chi connectivity index (χ3v) is 3.68. The molecule has 0 bridgehead atoms. The van der Waals surface area contributed by atoms with Crippen LogP contribution in [0.1, 0.15) is 26.7 Å².